The van der Waals surface area contributed by atoms with Crippen LogP contribution in [0.25, 0.3) is 10.9 Å². The maximum absolute atomic E-state index is 13.0. The van der Waals surface area contributed by atoms with Gasteiger partial charge in [-0.3, -0.25) is 4.79 Å². The summed E-state index contributed by atoms with van der Waals surface area (Å²) in [7, 11) is 0. The second-order valence-electron chi connectivity index (χ2n) is 8.87. The van der Waals surface area contributed by atoms with E-state index in [-0.39, 0.29) is 11.7 Å². The Bertz CT molecular complexity index is 1230. The van der Waals surface area contributed by atoms with Gasteiger partial charge in [0.2, 0.25) is 5.91 Å². The molecule has 164 valence electrons. The van der Waals surface area contributed by atoms with E-state index >= 15 is 0 Å². The smallest absolute Gasteiger partial charge is 0.235 e. The molecule has 1 amide bonds. The molecule has 2 fully saturated rings. The van der Waals surface area contributed by atoms with E-state index in [0.717, 1.165) is 58.7 Å². The SMILES string of the molecule is Cc1c(C#N)c(NC(=O)CSc2nc(C3CC3)nc3ccccc23)n(C2CCCC2)c1C. The highest BCUT2D eigenvalue weighted by Gasteiger charge is 2.28. The maximum atomic E-state index is 13.0. The van der Waals surface area contributed by atoms with E-state index < -0.39 is 0 Å². The Morgan fingerprint density at radius 2 is 1.94 bits per heavy atom. The Hall–Kier alpha value is -2.85. The molecule has 0 radical (unpaired) electrons. The van der Waals surface area contributed by atoms with Crippen LogP contribution in [0, 0.1) is 25.2 Å². The molecule has 2 aliphatic rings. The van der Waals surface area contributed by atoms with Crippen LogP contribution >= 0.6 is 11.8 Å². The summed E-state index contributed by atoms with van der Waals surface area (Å²) in [6.07, 6.45) is 6.84. The Labute approximate surface area is 192 Å². The molecule has 3 aromatic rings. The zero-order valence-corrected chi connectivity index (χ0v) is 19.3. The van der Waals surface area contributed by atoms with Crippen LogP contribution in [0.3, 0.4) is 0 Å². The minimum Gasteiger partial charge on any atom is -0.327 e. The first-order valence-electron chi connectivity index (χ1n) is 11.4. The molecule has 0 unspecified atom stereocenters. The van der Waals surface area contributed by atoms with Crippen molar-refractivity contribution in [2.24, 2.45) is 0 Å². The topological polar surface area (TPSA) is 83.6 Å². The van der Waals surface area contributed by atoms with Crippen LogP contribution in [-0.2, 0) is 4.79 Å². The summed E-state index contributed by atoms with van der Waals surface area (Å²) in [4.78, 5) is 22.5. The van der Waals surface area contributed by atoms with Crippen LogP contribution in [0.2, 0.25) is 0 Å². The number of nitriles is 1. The average Bonchev–Trinajstić information content (AvgIpc) is 3.47. The molecular weight excluding hydrogens is 418 g/mol. The Morgan fingerprint density at radius 3 is 2.66 bits per heavy atom. The van der Waals surface area contributed by atoms with Crippen molar-refractivity contribution in [3.05, 3.63) is 46.9 Å². The number of nitrogens with zero attached hydrogens (tertiary/aromatic N) is 4. The number of hydrogen-bond acceptors (Lipinski definition) is 5. The molecule has 0 saturated heterocycles. The van der Waals surface area contributed by atoms with Gasteiger partial charge < -0.3 is 9.88 Å². The van der Waals surface area contributed by atoms with Gasteiger partial charge in [-0.15, -0.1) is 0 Å². The van der Waals surface area contributed by atoms with Gasteiger partial charge in [0.05, 0.1) is 16.8 Å². The third kappa shape index (κ3) is 3.88. The van der Waals surface area contributed by atoms with Crippen molar-refractivity contribution in [2.45, 2.75) is 69.4 Å². The fraction of sp³-hybridized carbons (Fsp3) is 0.440. The summed E-state index contributed by atoms with van der Waals surface area (Å²) in [5.74, 6) is 2.13. The molecule has 32 heavy (non-hydrogen) atoms. The van der Waals surface area contributed by atoms with Crippen LogP contribution in [0.15, 0.2) is 29.3 Å². The summed E-state index contributed by atoms with van der Waals surface area (Å²) >= 11 is 1.44. The molecule has 7 heteroatoms. The normalized spacial score (nSPS) is 16.4. The number of amides is 1. The van der Waals surface area contributed by atoms with Gasteiger partial charge in [0.15, 0.2) is 0 Å². The lowest BCUT2D eigenvalue weighted by Crippen LogP contribution is -2.20. The number of carbonyl (C=O) groups is 1. The van der Waals surface area contributed by atoms with Crippen molar-refractivity contribution >= 4 is 34.4 Å². The standard InChI is InChI=1S/C25H27N5OS/c1-15-16(2)30(18-7-3-4-8-18)24(20(15)13-26)28-22(31)14-32-25-19-9-5-6-10-21(19)27-23(29-25)17-11-12-17/h5-6,9-10,17-18H,3-4,7-8,11-12,14H2,1-2H3,(H,28,31). The van der Waals surface area contributed by atoms with Gasteiger partial charge in [0, 0.05) is 23.0 Å². The molecule has 2 saturated carbocycles. The molecule has 0 spiro atoms. The van der Waals surface area contributed by atoms with Crippen molar-refractivity contribution in [2.75, 3.05) is 11.1 Å². The maximum Gasteiger partial charge on any atom is 0.235 e. The molecule has 2 heterocycles. The lowest BCUT2D eigenvalue weighted by Gasteiger charge is -2.19. The first-order valence-corrected chi connectivity index (χ1v) is 12.4. The second-order valence-corrected chi connectivity index (χ2v) is 9.83. The molecular formula is C25H27N5OS. The van der Waals surface area contributed by atoms with Crippen LogP contribution in [0.5, 0.6) is 0 Å². The molecule has 1 N–H and O–H groups in total. The van der Waals surface area contributed by atoms with Gasteiger partial charge >= 0.3 is 0 Å². The lowest BCUT2D eigenvalue weighted by molar-refractivity contribution is -0.113. The summed E-state index contributed by atoms with van der Waals surface area (Å²) in [5.41, 5.74) is 3.54. The van der Waals surface area contributed by atoms with E-state index in [4.69, 9.17) is 9.97 Å². The molecule has 2 aromatic heterocycles. The summed E-state index contributed by atoms with van der Waals surface area (Å²) in [6, 6.07) is 10.6. The fourth-order valence-electron chi connectivity index (χ4n) is 4.71. The summed E-state index contributed by atoms with van der Waals surface area (Å²) in [5, 5.41) is 14.7. The van der Waals surface area contributed by atoms with E-state index in [2.05, 4.69) is 16.0 Å². The molecule has 5 rings (SSSR count). The third-order valence-electron chi connectivity index (χ3n) is 6.68. The number of hydrogen-bond donors (Lipinski definition) is 1. The third-order valence-corrected chi connectivity index (χ3v) is 7.68. The van der Waals surface area contributed by atoms with Crippen LogP contribution in [-0.4, -0.2) is 26.2 Å². The Morgan fingerprint density at radius 1 is 1.19 bits per heavy atom. The van der Waals surface area contributed by atoms with Crippen LogP contribution < -0.4 is 5.32 Å². The molecule has 2 aliphatic carbocycles. The number of para-hydroxylation sites is 1. The van der Waals surface area contributed by atoms with Crippen molar-refractivity contribution in [1.29, 1.82) is 5.26 Å². The first-order chi connectivity index (χ1) is 15.6. The van der Waals surface area contributed by atoms with Crippen molar-refractivity contribution in [1.82, 2.24) is 14.5 Å². The Balaban J connectivity index is 1.39. The highest BCUT2D eigenvalue weighted by atomic mass is 32.2. The number of anilines is 1. The molecule has 1 aromatic carbocycles. The minimum absolute atomic E-state index is 0.112. The highest BCUT2D eigenvalue weighted by molar-refractivity contribution is 8.00. The number of nitrogens with one attached hydrogen (secondary N) is 1. The molecule has 0 aliphatic heterocycles. The number of rotatable bonds is 6. The predicted molar refractivity (Wildman–Crippen MR) is 127 cm³/mol. The van der Waals surface area contributed by atoms with E-state index in [0.29, 0.717) is 23.3 Å². The van der Waals surface area contributed by atoms with Crippen molar-refractivity contribution in [3.8, 4) is 6.07 Å². The van der Waals surface area contributed by atoms with Gasteiger partial charge in [-0.25, -0.2) is 9.97 Å². The zero-order valence-electron chi connectivity index (χ0n) is 18.5. The van der Waals surface area contributed by atoms with Crippen LogP contribution in [0.4, 0.5) is 5.82 Å². The van der Waals surface area contributed by atoms with Gasteiger partial charge in [0.25, 0.3) is 0 Å². The van der Waals surface area contributed by atoms with E-state index in [1.165, 1.54) is 24.6 Å². The van der Waals surface area contributed by atoms with Crippen LogP contribution in [0.1, 0.15) is 73.1 Å². The predicted octanol–water partition coefficient (Wildman–Crippen LogP) is 5.64. The molecule has 6 nitrogen and oxygen atoms in total. The van der Waals surface area contributed by atoms with E-state index in [1.54, 1.807) is 0 Å². The van der Waals surface area contributed by atoms with Crippen molar-refractivity contribution < 1.29 is 4.79 Å². The van der Waals surface area contributed by atoms with E-state index in [9.17, 15) is 10.1 Å². The fourth-order valence-corrected chi connectivity index (χ4v) is 5.53. The number of thioether (sulfide) groups is 1. The molecule has 0 bridgehead atoms. The second kappa shape index (κ2) is 8.59. The number of benzene rings is 1. The monoisotopic (exact) mass is 445 g/mol. The first kappa shape index (κ1) is 21.0. The average molecular weight is 446 g/mol. The highest BCUT2D eigenvalue weighted by Crippen LogP contribution is 2.40. The van der Waals surface area contributed by atoms with Gasteiger partial charge in [-0.2, -0.15) is 5.26 Å². The number of carbonyl (C=O) groups excluding carboxylic acids is 1. The largest absolute Gasteiger partial charge is 0.327 e. The number of aromatic nitrogens is 3. The zero-order chi connectivity index (χ0) is 22.2. The quantitative estimate of drug-likeness (QED) is 0.392. The number of fused-ring (bicyclic) bond motifs is 1. The summed E-state index contributed by atoms with van der Waals surface area (Å²) < 4.78 is 2.19. The van der Waals surface area contributed by atoms with Gasteiger partial charge in [-0.05, 0) is 51.2 Å². The van der Waals surface area contributed by atoms with Gasteiger partial charge in [0.1, 0.15) is 22.7 Å². The minimum atomic E-state index is -0.112. The van der Waals surface area contributed by atoms with Gasteiger partial charge in [-0.1, -0.05) is 42.8 Å². The molecule has 0 atom stereocenters. The lowest BCUT2D eigenvalue weighted by atomic mass is 10.2. The summed E-state index contributed by atoms with van der Waals surface area (Å²) in [6.45, 7) is 4.02. The van der Waals surface area contributed by atoms with E-state index in [1.807, 2.05) is 38.1 Å². The Kier molecular flexibility index (Phi) is 5.64. The van der Waals surface area contributed by atoms with Crippen molar-refractivity contribution in [3.63, 3.8) is 0 Å².